The number of nitrogens with zero attached hydrogens (tertiary/aromatic N) is 5. The normalized spacial score (nSPS) is 19.4. The van der Waals surface area contributed by atoms with Crippen molar-refractivity contribution < 1.29 is 4.79 Å². The lowest BCUT2D eigenvalue weighted by atomic mass is 10.1. The van der Waals surface area contributed by atoms with Gasteiger partial charge in [0.1, 0.15) is 5.82 Å². The molecule has 1 amide bonds. The second kappa shape index (κ2) is 5.12. The van der Waals surface area contributed by atoms with Crippen LogP contribution in [-0.4, -0.2) is 51.8 Å². The van der Waals surface area contributed by atoms with Crippen LogP contribution in [0.5, 0.6) is 0 Å². The van der Waals surface area contributed by atoms with E-state index in [1.54, 1.807) is 9.58 Å². The van der Waals surface area contributed by atoms with Gasteiger partial charge in [0.2, 0.25) is 5.91 Å². The van der Waals surface area contributed by atoms with Gasteiger partial charge in [0, 0.05) is 32.2 Å². The second-order valence-corrected chi connectivity index (χ2v) is 6.39. The van der Waals surface area contributed by atoms with Crippen LogP contribution in [0.15, 0.2) is 0 Å². The number of halogens is 1. The summed E-state index contributed by atoms with van der Waals surface area (Å²) < 4.78 is 1.74. The number of aryl methyl sites for hydroxylation is 2. The largest absolute Gasteiger partial charge is 0.345 e. The molecule has 0 aromatic carbocycles. The van der Waals surface area contributed by atoms with Crippen LogP contribution in [0.3, 0.4) is 0 Å². The van der Waals surface area contributed by atoms with E-state index in [1.165, 1.54) is 0 Å². The first-order valence-corrected chi connectivity index (χ1v) is 7.69. The summed E-state index contributed by atoms with van der Waals surface area (Å²) in [6, 6.07) is 0.144. The summed E-state index contributed by atoms with van der Waals surface area (Å²) >= 11 is 6.56. The zero-order valence-electron chi connectivity index (χ0n) is 13.5. The van der Waals surface area contributed by atoms with E-state index in [1.807, 2.05) is 39.8 Å². The maximum Gasteiger partial charge on any atom is 0.242 e. The molecule has 7 heteroatoms. The first-order valence-electron chi connectivity index (χ1n) is 7.31. The SMILES string of the molecule is Cc1c(N2CC(=O)N(C)C(C)C2)nc2c(c(C)nn2C)c1Cl. The number of likely N-dealkylation sites (N-methyl/N-ethyl adjacent to an activating group) is 1. The summed E-state index contributed by atoms with van der Waals surface area (Å²) in [5, 5.41) is 5.96. The van der Waals surface area contributed by atoms with Gasteiger partial charge in [-0.1, -0.05) is 11.6 Å². The van der Waals surface area contributed by atoms with Crippen LogP contribution in [-0.2, 0) is 11.8 Å². The van der Waals surface area contributed by atoms with Gasteiger partial charge in [-0.3, -0.25) is 9.48 Å². The summed E-state index contributed by atoms with van der Waals surface area (Å²) in [5.74, 6) is 0.867. The maximum atomic E-state index is 12.1. The third-order valence-electron chi connectivity index (χ3n) is 4.45. The smallest absolute Gasteiger partial charge is 0.242 e. The summed E-state index contributed by atoms with van der Waals surface area (Å²) in [4.78, 5) is 20.7. The predicted octanol–water partition coefficient (Wildman–Crippen LogP) is 1.91. The number of hydrogen-bond donors (Lipinski definition) is 0. The van der Waals surface area contributed by atoms with Crippen molar-refractivity contribution >= 4 is 34.4 Å². The molecule has 6 nitrogen and oxygen atoms in total. The zero-order valence-corrected chi connectivity index (χ0v) is 14.3. The molecule has 0 N–H and O–H groups in total. The highest BCUT2D eigenvalue weighted by Gasteiger charge is 2.30. The highest BCUT2D eigenvalue weighted by Crippen LogP contribution is 2.34. The van der Waals surface area contributed by atoms with Crippen molar-refractivity contribution in [3.05, 3.63) is 16.3 Å². The molecule has 0 saturated carbocycles. The molecule has 1 aliphatic heterocycles. The van der Waals surface area contributed by atoms with E-state index in [2.05, 4.69) is 5.10 Å². The molecule has 118 valence electrons. The Morgan fingerprint density at radius 3 is 2.59 bits per heavy atom. The van der Waals surface area contributed by atoms with Crippen molar-refractivity contribution in [2.75, 3.05) is 25.0 Å². The van der Waals surface area contributed by atoms with Gasteiger partial charge in [-0.2, -0.15) is 5.10 Å². The third-order valence-corrected chi connectivity index (χ3v) is 4.93. The predicted molar refractivity (Wildman–Crippen MR) is 87.4 cm³/mol. The molecule has 1 atom stereocenters. The molecule has 1 aliphatic rings. The number of rotatable bonds is 1. The average molecular weight is 322 g/mol. The van der Waals surface area contributed by atoms with E-state index in [9.17, 15) is 4.79 Å². The average Bonchev–Trinajstić information content (AvgIpc) is 2.74. The fourth-order valence-corrected chi connectivity index (χ4v) is 3.30. The number of hydrogen-bond acceptors (Lipinski definition) is 4. The third kappa shape index (κ3) is 2.13. The topological polar surface area (TPSA) is 54.3 Å². The number of pyridine rings is 1. The monoisotopic (exact) mass is 321 g/mol. The van der Waals surface area contributed by atoms with Gasteiger partial charge in [-0.05, 0) is 20.8 Å². The summed E-state index contributed by atoms with van der Waals surface area (Å²) in [7, 11) is 3.70. The quantitative estimate of drug-likeness (QED) is 0.805. The molecule has 2 aromatic heterocycles. The van der Waals surface area contributed by atoms with Gasteiger partial charge < -0.3 is 9.80 Å². The van der Waals surface area contributed by atoms with E-state index in [4.69, 9.17) is 16.6 Å². The van der Waals surface area contributed by atoms with E-state index >= 15 is 0 Å². The molecule has 3 rings (SSSR count). The first-order chi connectivity index (χ1) is 10.3. The van der Waals surface area contributed by atoms with Crippen LogP contribution >= 0.6 is 11.6 Å². The van der Waals surface area contributed by atoms with Gasteiger partial charge in [0.25, 0.3) is 0 Å². The van der Waals surface area contributed by atoms with Gasteiger partial charge in [-0.15, -0.1) is 0 Å². The van der Waals surface area contributed by atoms with Crippen LogP contribution in [0.25, 0.3) is 11.0 Å². The number of aromatic nitrogens is 3. The first kappa shape index (κ1) is 15.1. The van der Waals surface area contributed by atoms with Gasteiger partial charge in [0.15, 0.2) is 5.65 Å². The Balaban J connectivity index is 2.13. The standard InChI is InChI=1S/C15H20ClN5O/c1-8-6-21(7-11(22)19(8)4)14-9(2)13(16)12-10(3)18-20(5)15(12)17-14/h8H,6-7H2,1-5H3. The Morgan fingerprint density at radius 2 is 1.95 bits per heavy atom. The maximum absolute atomic E-state index is 12.1. The van der Waals surface area contributed by atoms with E-state index in [0.29, 0.717) is 11.6 Å². The molecule has 1 fully saturated rings. The molecule has 1 saturated heterocycles. The van der Waals surface area contributed by atoms with Crippen molar-refractivity contribution in [2.45, 2.75) is 26.8 Å². The van der Waals surface area contributed by atoms with Crippen molar-refractivity contribution in [3.63, 3.8) is 0 Å². The van der Waals surface area contributed by atoms with Crippen LogP contribution in [0.1, 0.15) is 18.2 Å². The minimum absolute atomic E-state index is 0.0948. The second-order valence-electron chi connectivity index (χ2n) is 6.02. The van der Waals surface area contributed by atoms with Crippen molar-refractivity contribution in [2.24, 2.45) is 7.05 Å². The van der Waals surface area contributed by atoms with Crippen molar-refractivity contribution in [3.8, 4) is 0 Å². The number of fused-ring (bicyclic) bond motifs is 1. The molecule has 1 unspecified atom stereocenters. The lowest BCUT2D eigenvalue weighted by molar-refractivity contribution is -0.131. The highest BCUT2D eigenvalue weighted by atomic mass is 35.5. The molecule has 2 aromatic rings. The minimum atomic E-state index is 0.0948. The Labute approximate surface area is 134 Å². The number of carbonyl (C=O) groups is 1. The van der Waals surface area contributed by atoms with Crippen LogP contribution < -0.4 is 4.90 Å². The van der Waals surface area contributed by atoms with Crippen molar-refractivity contribution in [1.29, 1.82) is 0 Å². The molecular weight excluding hydrogens is 302 g/mol. The van der Waals surface area contributed by atoms with E-state index < -0.39 is 0 Å². The minimum Gasteiger partial charge on any atom is -0.345 e. The number of piperazine rings is 1. The number of carbonyl (C=O) groups excluding carboxylic acids is 1. The Kier molecular flexibility index (Phi) is 3.51. The molecular formula is C15H20ClN5O. The zero-order chi connectivity index (χ0) is 16.2. The molecule has 0 aliphatic carbocycles. The summed E-state index contributed by atoms with van der Waals surface area (Å²) in [6.07, 6.45) is 0. The Morgan fingerprint density at radius 1 is 1.27 bits per heavy atom. The van der Waals surface area contributed by atoms with E-state index in [0.717, 1.165) is 34.7 Å². The molecule has 3 heterocycles. The fraction of sp³-hybridized carbons (Fsp3) is 0.533. The van der Waals surface area contributed by atoms with Gasteiger partial charge >= 0.3 is 0 Å². The number of anilines is 1. The van der Waals surface area contributed by atoms with Crippen LogP contribution in [0, 0.1) is 13.8 Å². The van der Waals surface area contributed by atoms with Crippen LogP contribution in [0.4, 0.5) is 5.82 Å². The Hall–Kier alpha value is -1.82. The van der Waals surface area contributed by atoms with Gasteiger partial charge in [-0.25, -0.2) is 4.98 Å². The molecule has 0 spiro atoms. The molecule has 0 bridgehead atoms. The highest BCUT2D eigenvalue weighted by molar-refractivity contribution is 6.36. The lowest BCUT2D eigenvalue weighted by Crippen LogP contribution is -2.54. The van der Waals surface area contributed by atoms with Crippen molar-refractivity contribution in [1.82, 2.24) is 19.7 Å². The van der Waals surface area contributed by atoms with Gasteiger partial charge in [0.05, 0.1) is 22.6 Å². The fourth-order valence-electron chi connectivity index (χ4n) is 3.00. The van der Waals surface area contributed by atoms with E-state index in [-0.39, 0.29) is 11.9 Å². The Bertz CT molecular complexity index is 769. The summed E-state index contributed by atoms with van der Waals surface area (Å²) in [6.45, 7) is 6.98. The summed E-state index contributed by atoms with van der Waals surface area (Å²) in [5.41, 5.74) is 2.52. The van der Waals surface area contributed by atoms with Crippen LogP contribution in [0.2, 0.25) is 5.02 Å². The molecule has 0 radical (unpaired) electrons. The number of amides is 1. The lowest BCUT2D eigenvalue weighted by Gasteiger charge is -2.38. The molecule has 22 heavy (non-hydrogen) atoms.